The maximum absolute atomic E-state index is 6.19. The molecule has 1 aromatic carbocycles. The Balaban J connectivity index is 2.21. The summed E-state index contributed by atoms with van der Waals surface area (Å²) in [5.41, 5.74) is 8.37. The number of rotatable bonds is 7. The third-order valence-corrected chi connectivity index (χ3v) is 3.94. The Morgan fingerprint density at radius 3 is 2.68 bits per heavy atom. The van der Waals surface area contributed by atoms with Crippen LogP contribution < -0.4 is 10.6 Å². The van der Waals surface area contributed by atoms with Crippen molar-refractivity contribution in [1.82, 2.24) is 0 Å². The van der Waals surface area contributed by atoms with E-state index in [-0.39, 0.29) is 0 Å². The minimum atomic E-state index is 0.692. The molecule has 19 heavy (non-hydrogen) atoms. The van der Waals surface area contributed by atoms with Crippen LogP contribution in [0.25, 0.3) is 0 Å². The summed E-state index contributed by atoms with van der Waals surface area (Å²) >= 11 is 6.19. The molecule has 1 aromatic rings. The highest BCUT2D eigenvalue weighted by molar-refractivity contribution is 6.30. The van der Waals surface area contributed by atoms with Crippen molar-refractivity contribution >= 4 is 17.3 Å². The number of nitrogens with zero attached hydrogens (tertiary/aromatic N) is 1. The number of anilines is 1. The third kappa shape index (κ3) is 4.12. The first kappa shape index (κ1) is 14.7. The molecule has 0 bridgehead atoms. The van der Waals surface area contributed by atoms with Crippen LogP contribution >= 0.6 is 11.6 Å². The Morgan fingerprint density at radius 2 is 2.11 bits per heavy atom. The van der Waals surface area contributed by atoms with Gasteiger partial charge in [-0.25, -0.2) is 0 Å². The predicted octanol–water partition coefficient (Wildman–Crippen LogP) is 3.86. The van der Waals surface area contributed by atoms with Crippen LogP contribution in [0, 0.1) is 5.92 Å². The second-order valence-electron chi connectivity index (χ2n) is 5.92. The number of nitrogens with two attached hydrogens (primary N) is 1. The van der Waals surface area contributed by atoms with Crippen molar-refractivity contribution in [3.63, 3.8) is 0 Å². The van der Waals surface area contributed by atoms with Gasteiger partial charge in [0.15, 0.2) is 0 Å². The zero-order valence-corrected chi connectivity index (χ0v) is 12.8. The fourth-order valence-electron chi connectivity index (χ4n) is 2.45. The SMILES string of the molecule is CC(C)CCN(c1cc(Cl)ccc1CCN)C1CC1. The van der Waals surface area contributed by atoms with Crippen molar-refractivity contribution in [1.29, 1.82) is 0 Å². The second kappa shape index (κ2) is 6.62. The molecule has 0 spiro atoms. The van der Waals surface area contributed by atoms with Gasteiger partial charge >= 0.3 is 0 Å². The van der Waals surface area contributed by atoms with E-state index >= 15 is 0 Å². The Labute approximate surface area is 121 Å². The smallest absolute Gasteiger partial charge is 0.0426 e. The molecule has 0 unspecified atom stereocenters. The average Bonchev–Trinajstić information content (AvgIpc) is 3.17. The molecule has 0 amide bonds. The number of hydrogen-bond donors (Lipinski definition) is 1. The number of benzene rings is 1. The van der Waals surface area contributed by atoms with Crippen molar-refractivity contribution in [2.24, 2.45) is 11.7 Å². The highest BCUT2D eigenvalue weighted by atomic mass is 35.5. The van der Waals surface area contributed by atoms with Crippen molar-refractivity contribution in [2.45, 2.75) is 45.6 Å². The zero-order chi connectivity index (χ0) is 13.8. The Kier molecular flexibility index (Phi) is 5.12. The van der Waals surface area contributed by atoms with Crippen molar-refractivity contribution in [3.8, 4) is 0 Å². The summed E-state index contributed by atoms with van der Waals surface area (Å²) in [5, 5.41) is 0.825. The van der Waals surface area contributed by atoms with Crippen LogP contribution in [-0.2, 0) is 6.42 Å². The van der Waals surface area contributed by atoms with E-state index in [9.17, 15) is 0 Å². The summed E-state index contributed by atoms with van der Waals surface area (Å²) in [5.74, 6) is 0.735. The summed E-state index contributed by atoms with van der Waals surface area (Å²) in [7, 11) is 0. The van der Waals surface area contributed by atoms with Crippen LogP contribution in [0.15, 0.2) is 18.2 Å². The molecular formula is C16H25ClN2. The lowest BCUT2D eigenvalue weighted by Crippen LogP contribution is -2.29. The maximum Gasteiger partial charge on any atom is 0.0426 e. The summed E-state index contributed by atoms with van der Waals surface area (Å²) in [6.45, 7) is 6.38. The molecule has 0 atom stereocenters. The topological polar surface area (TPSA) is 29.3 Å². The van der Waals surface area contributed by atoms with E-state index < -0.39 is 0 Å². The molecule has 2 nitrogen and oxygen atoms in total. The standard InChI is InChI=1S/C16H25ClN2/c1-12(2)8-10-19(15-5-6-15)16-11-14(17)4-3-13(16)7-9-18/h3-4,11-12,15H,5-10,18H2,1-2H3. The van der Waals surface area contributed by atoms with E-state index in [4.69, 9.17) is 17.3 Å². The number of halogens is 1. The quantitative estimate of drug-likeness (QED) is 0.822. The molecule has 0 aliphatic heterocycles. The van der Waals surface area contributed by atoms with Gasteiger partial charge in [-0.1, -0.05) is 31.5 Å². The fraction of sp³-hybridized carbons (Fsp3) is 0.625. The van der Waals surface area contributed by atoms with Gasteiger partial charge < -0.3 is 10.6 Å². The van der Waals surface area contributed by atoms with Gasteiger partial charge in [-0.15, -0.1) is 0 Å². The van der Waals surface area contributed by atoms with Crippen LogP contribution in [0.1, 0.15) is 38.7 Å². The first-order valence-corrected chi connectivity index (χ1v) is 7.74. The van der Waals surface area contributed by atoms with Gasteiger partial charge in [0.25, 0.3) is 0 Å². The predicted molar refractivity (Wildman–Crippen MR) is 84.0 cm³/mol. The molecule has 1 aliphatic carbocycles. The van der Waals surface area contributed by atoms with Gasteiger partial charge in [0.05, 0.1) is 0 Å². The van der Waals surface area contributed by atoms with E-state index in [0.717, 1.165) is 23.9 Å². The summed E-state index contributed by atoms with van der Waals surface area (Å²) in [4.78, 5) is 2.55. The molecule has 0 saturated heterocycles. The minimum absolute atomic E-state index is 0.692. The average molecular weight is 281 g/mol. The molecule has 0 heterocycles. The van der Waals surface area contributed by atoms with Crippen LogP contribution in [0.3, 0.4) is 0 Å². The lowest BCUT2D eigenvalue weighted by molar-refractivity contribution is 0.570. The number of hydrogen-bond acceptors (Lipinski definition) is 2. The lowest BCUT2D eigenvalue weighted by Gasteiger charge is -2.28. The molecule has 1 aliphatic rings. The Hall–Kier alpha value is -0.730. The molecule has 1 saturated carbocycles. The third-order valence-electron chi connectivity index (χ3n) is 3.71. The molecule has 0 aromatic heterocycles. The Bertz CT molecular complexity index is 413. The molecule has 1 fully saturated rings. The van der Waals surface area contributed by atoms with E-state index in [1.54, 1.807) is 0 Å². The minimum Gasteiger partial charge on any atom is -0.368 e. The Morgan fingerprint density at radius 1 is 1.37 bits per heavy atom. The van der Waals surface area contributed by atoms with E-state index in [1.807, 2.05) is 6.07 Å². The first-order chi connectivity index (χ1) is 9.11. The normalized spacial score (nSPS) is 15.0. The fourth-order valence-corrected chi connectivity index (χ4v) is 2.62. The zero-order valence-electron chi connectivity index (χ0n) is 12.0. The van der Waals surface area contributed by atoms with Gasteiger partial charge in [0.1, 0.15) is 0 Å². The van der Waals surface area contributed by atoms with Gasteiger partial charge in [0.2, 0.25) is 0 Å². The monoisotopic (exact) mass is 280 g/mol. The van der Waals surface area contributed by atoms with E-state index in [0.29, 0.717) is 12.6 Å². The highest BCUT2D eigenvalue weighted by Gasteiger charge is 2.30. The first-order valence-electron chi connectivity index (χ1n) is 7.37. The summed E-state index contributed by atoms with van der Waals surface area (Å²) in [6.07, 6.45) is 4.78. The van der Waals surface area contributed by atoms with Crippen LogP contribution in [-0.4, -0.2) is 19.1 Å². The van der Waals surface area contributed by atoms with Crippen molar-refractivity contribution in [2.75, 3.05) is 18.0 Å². The molecule has 2 N–H and O–H groups in total. The highest BCUT2D eigenvalue weighted by Crippen LogP contribution is 2.35. The van der Waals surface area contributed by atoms with Crippen LogP contribution in [0.2, 0.25) is 5.02 Å². The molecule has 3 heteroatoms. The van der Waals surface area contributed by atoms with Crippen LogP contribution in [0.5, 0.6) is 0 Å². The lowest BCUT2D eigenvalue weighted by atomic mass is 10.1. The van der Waals surface area contributed by atoms with Crippen LogP contribution in [0.4, 0.5) is 5.69 Å². The molecule has 2 rings (SSSR count). The van der Waals surface area contributed by atoms with E-state index in [1.165, 1.54) is 30.5 Å². The van der Waals surface area contributed by atoms with Gasteiger partial charge in [0, 0.05) is 23.3 Å². The van der Waals surface area contributed by atoms with Gasteiger partial charge in [-0.05, 0) is 55.8 Å². The molecule has 106 valence electrons. The van der Waals surface area contributed by atoms with Gasteiger partial charge in [-0.3, -0.25) is 0 Å². The van der Waals surface area contributed by atoms with Crippen molar-refractivity contribution in [3.05, 3.63) is 28.8 Å². The summed E-state index contributed by atoms with van der Waals surface area (Å²) in [6, 6.07) is 6.94. The largest absolute Gasteiger partial charge is 0.368 e. The van der Waals surface area contributed by atoms with E-state index in [2.05, 4.69) is 30.9 Å². The molecular weight excluding hydrogens is 256 g/mol. The van der Waals surface area contributed by atoms with Crippen molar-refractivity contribution < 1.29 is 0 Å². The maximum atomic E-state index is 6.19. The van der Waals surface area contributed by atoms with Gasteiger partial charge in [-0.2, -0.15) is 0 Å². The second-order valence-corrected chi connectivity index (χ2v) is 6.36. The molecule has 0 radical (unpaired) electrons. The summed E-state index contributed by atoms with van der Waals surface area (Å²) < 4.78 is 0.